The molecule has 148 valence electrons. The summed E-state index contributed by atoms with van der Waals surface area (Å²) in [6, 6.07) is 3.12. The molecule has 0 N–H and O–H groups in total. The molecular weight excluding hydrogens is 336 g/mol. The first-order chi connectivity index (χ1) is 13.4. The Balaban J connectivity index is 1.21. The maximum atomic E-state index is 4.87. The van der Waals surface area contributed by atoms with Crippen molar-refractivity contribution in [1.29, 1.82) is 0 Å². The molecule has 6 aliphatic rings. The van der Waals surface area contributed by atoms with E-state index in [1.807, 2.05) is 0 Å². The number of hydrogen-bond acceptors (Lipinski definition) is 6. The summed E-state index contributed by atoms with van der Waals surface area (Å²) in [5, 5.41) is 24.2. The van der Waals surface area contributed by atoms with Crippen molar-refractivity contribution in [3.05, 3.63) is 0 Å². The molecule has 0 aromatic heterocycles. The minimum atomic E-state index is 0.413. The van der Waals surface area contributed by atoms with Gasteiger partial charge in [-0.2, -0.15) is 10.2 Å². The third kappa shape index (κ3) is 2.57. The molecule has 0 unspecified atom stereocenters. The summed E-state index contributed by atoms with van der Waals surface area (Å²) in [4.78, 5) is 0. The molecule has 2 bridgehead atoms. The highest BCUT2D eigenvalue weighted by Crippen LogP contribution is 2.56. The second kappa shape index (κ2) is 6.70. The minimum absolute atomic E-state index is 0.413. The first-order valence-corrected chi connectivity index (χ1v) is 11.8. The summed E-state index contributed by atoms with van der Waals surface area (Å²) >= 11 is 0. The van der Waals surface area contributed by atoms with Crippen molar-refractivity contribution < 1.29 is 0 Å². The Hall–Kier alpha value is -1.20. The lowest BCUT2D eigenvalue weighted by Crippen LogP contribution is -2.55. The molecule has 2 aliphatic heterocycles. The average Bonchev–Trinajstić information content (AvgIpc) is 3.34. The van der Waals surface area contributed by atoms with Crippen LogP contribution in [-0.4, -0.2) is 46.3 Å². The zero-order valence-corrected chi connectivity index (χ0v) is 16.5. The summed E-state index contributed by atoms with van der Waals surface area (Å²) in [5.74, 6) is 1.26. The maximum Gasteiger partial charge on any atom is 0.100 e. The molecular formula is C21H34N6. The van der Waals surface area contributed by atoms with Crippen molar-refractivity contribution in [3.8, 4) is 0 Å². The van der Waals surface area contributed by atoms with Crippen LogP contribution in [0.25, 0.3) is 0 Å². The van der Waals surface area contributed by atoms with E-state index in [0.29, 0.717) is 48.1 Å². The van der Waals surface area contributed by atoms with Crippen LogP contribution in [0.2, 0.25) is 0 Å². The Labute approximate surface area is 162 Å². The van der Waals surface area contributed by atoms with Gasteiger partial charge in [0.25, 0.3) is 0 Å². The molecule has 0 amide bonds. The van der Waals surface area contributed by atoms with E-state index in [-0.39, 0.29) is 0 Å². The van der Waals surface area contributed by atoms with Gasteiger partial charge in [-0.25, -0.2) is 0 Å². The number of hydrogen-bond donors (Lipinski definition) is 0. The standard InChI is InChI=1S/C21H34N6/c1-2-6-10-14(9-5-1)26-20-16-13-17(18(20)22-24-26)21-19(16)23-25-27(21)15-11-7-3-4-8-12-15/h14-21H,1-13H2/t16-,17-,18-,19+,20-,21+/m0/s1. The highest BCUT2D eigenvalue weighted by Gasteiger charge is 2.66. The van der Waals surface area contributed by atoms with Crippen LogP contribution >= 0.6 is 0 Å². The quantitative estimate of drug-likeness (QED) is 0.648. The Morgan fingerprint density at radius 2 is 0.926 bits per heavy atom. The van der Waals surface area contributed by atoms with Crippen molar-refractivity contribution in [3.63, 3.8) is 0 Å². The highest BCUT2D eigenvalue weighted by molar-refractivity contribution is 5.20. The second-order valence-electron chi connectivity index (χ2n) is 9.99. The Morgan fingerprint density at radius 3 is 1.33 bits per heavy atom. The SMILES string of the molecule is C1CCCC(N2N=N[C@@H]3[C@@H]4C[C@@H]([C@@H]5N=NN(C6CCCCCC6)[C@@H]45)[C@H]32)CC1. The molecule has 6 heteroatoms. The lowest BCUT2D eigenvalue weighted by atomic mass is 9.82. The predicted molar refractivity (Wildman–Crippen MR) is 103 cm³/mol. The van der Waals surface area contributed by atoms with E-state index < -0.39 is 0 Å². The van der Waals surface area contributed by atoms with E-state index in [0.717, 1.165) is 0 Å². The summed E-state index contributed by atoms with van der Waals surface area (Å²) in [6.07, 6.45) is 17.6. The van der Waals surface area contributed by atoms with Crippen LogP contribution in [-0.2, 0) is 0 Å². The molecule has 0 saturated heterocycles. The molecule has 0 spiro atoms. The number of nitrogens with zero attached hydrogens (tertiary/aromatic N) is 6. The molecule has 27 heavy (non-hydrogen) atoms. The van der Waals surface area contributed by atoms with Crippen molar-refractivity contribution in [1.82, 2.24) is 10.0 Å². The van der Waals surface area contributed by atoms with Crippen LogP contribution in [0.15, 0.2) is 20.7 Å². The van der Waals surface area contributed by atoms with Gasteiger partial charge in [0, 0.05) is 23.9 Å². The van der Waals surface area contributed by atoms with Gasteiger partial charge < -0.3 is 0 Å². The third-order valence-corrected chi connectivity index (χ3v) is 8.58. The number of fused-ring (bicyclic) bond motifs is 8. The van der Waals surface area contributed by atoms with E-state index in [9.17, 15) is 0 Å². The first-order valence-electron chi connectivity index (χ1n) is 11.8. The van der Waals surface area contributed by atoms with Gasteiger partial charge in [0.05, 0.1) is 12.1 Å². The third-order valence-electron chi connectivity index (χ3n) is 8.58. The molecule has 4 aliphatic carbocycles. The van der Waals surface area contributed by atoms with Crippen LogP contribution in [0.3, 0.4) is 0 Å². The fourth-order valence-corrected chi connectivity index (χ4v) is 7.34. The zero-order chi connectivity index (χ0) is 17.8. The zero-order valence-electron chi connectivity index (χ0n) is 16.5. The van der Waals surface area contributed by atoms with Gasteiger partial charge in [0.15, 0.2) is 0 Å². The van der Waals surface area contributed by atoms with Gasteiger partial charge in [-0.15, -0.1) is 0 Å². The van der Waals surface area contributed by atoms with Crippen LogP contribution < -0.4 is 0 Å². The minimum Gasteiger partial charge on any atom is -0.270 e. The smallest absolute Gasteiger partial charge is 0.100 e. The van der Waals surface area contributed by atoms with Gasteiger partial charge in [-0.3, -0.25) is 10.0 Å². The summed E-state index contributed by atoms with van der Waals surface area (Å²) in [7, 11) is 0. The van der Waals surface area contributed by atoms with Crippen LogP contribution in [0.5, 0.6) is 0 Å². The van der Waals surface area contributed by atoms with E-state index in [1.165, 1.54) is 83.5 Å². The molecule has 4 saturated carbocycles. The fourth-order valence-electron chi connectivity index (χ4n) is 7.34. The van der Waals surface area contributed by atoms with Crippen molar-refractivity contribution in [2.24, 2.45) is 32.5 Å². The Morgan fingerprint density at radius 1 is 0.519 bits per heavy atom. The fraction of sp³-hybridized carbons (Fsp3) is 1.00. The Kier molecular flexibility index (Phi) is 4.15. The van der Waals surface area contributed by atoms with Gasteiger partial charge >= 0.3 is 0 Å². The van der Waals surface area contributed by atoms with E-state index >= 15 is 0 Å². The largest absolute Gasteiger partial charge is 0.270 e. The Bertz CT molecular complexity index is 552. The lowest BCUT2D eigenvalue weighted by Gasteiger charge is -2.40. The monoisotopic (exact) mass is 370 g/mol. The van der Waals surface area contributed by atoms with Gasteiger partial charge in [0.2, 0.25) is 0 Å². The molecule has 0 radical (unpaired) electrons. The second-order valence-corrected chi connectivity index (χ2v) is 9.99. The summed E-state index contributed by atoms with van der Waals surface area (Å²) in [5.41, 5.74) is 0. The predicted octanol–water partition coefficient (Wildman–Crippen LogP) is 4.92. The summed E-state index contributed by atoms with van der Waals surface area (Å²) < 4.78 is 0. The van der Waals surface area contributed by atoms with E-state index in [4.69, 9.17) is 20.7 Å². The average molecular weight is 371 g/mol. The van der Waals surface area contributed by atoms with Crippen molar-refractivity contribution in [2.45, 2.75) is 120 Å². The van der Waals surface area contributed by atoms with Crippen LogP contribution in [0.1, 0.15) is 83.5 Å². The maximum absolute atomic E-state index is 4.87. The van der Waals surface area contributed by atoms with E-state index in [1.54, 1.807) is 0 Å². The van der Waals surface area contributed by atoms with E-state index in [2.05, 4.69) is 10.0 Å². The molecule has 2 heterocycles. The molecule has 4 fully saturated rings. The number of rotatable bonds is 2. The normalized spacial score (nSPS) is 44.6. The molecule has 0 aromatic carbocycles. The lowest BCUT2D eigenvalue weighted by molar-refractivity contribution is 0.0594. The van der Waals surface area contributed by atoms with Gasteiger partial charge in [0.1, 0.15) is 12.1 Å². The van der Waals surface area contributed by atoms with Crippen molar-refractivity contribution in [2.75, 3.05) is 0 Å². The van der Waals surface area contributed by atoms with Gasteiger partial charge in [-0.05, 0) is 32.1 Å². The molecule has 6 nitrogen and oxygen atoms in total. The highest BCUT2D eigenvalue weighted by atomic mass is 15.7. The van der Waals surface area contributed by atoms with Gasteiger partial charge in [-0.1, -0.05) is 61.8 Å². The molecule has 6 rings (SSSR count). The van der Waals surface area contributed by atoms with Crippen LogP contribution in [0, 0.1) is 11.8 Å². The molecule has 6 atom stereocenters. The van der Waals surface area contributed by atoms with Crippen LogP contribution in [0.4, 0.5) is 0 Å². The summed E-state index contributed by atoms with van der Waals surface area (Å²) in [6.45, 7) is 0. The van der Waals surface area contributed by atoms with Crippen molar-refractivity contribution >= 4 is 0 Å². The molecule has 0 aromatic rings. The first kappa shape index (κ1) is 16.7. The topological polar surface area (TPSA) is 55.9 Å².